The monoisotopic (exact) mass is 263 g/mol. The van der Waals surface area contributed by atoms with Crippen LogP contribution in [0.5, 0.6) is 0 Å². The molecule has 1 N–H and O–H groups in total. The summed E-state index contributed by atoms with van der Waals surface area (Å²) in [4.78, 5) is 15.7. The summed E-state index contributed by atoms with van der Waals surface area (Å²) in [6, 6.07) is 0.395. The molecule has 1 aliphatic rings. The van der Waals surface area contributed by atoms with E-state index in [-0.39, 0.29) is 5.69 Å². The van der Waals surface area contributed by atoms with Gasteiger partial charge in [0.05, 0.1) is 0 Å². The SMILES string of the molecule is CCNC(Cn1cc(C)cnc1=O)C1CCCCC1. The number of nitrogens with one attached hydrogen (secondary N) is 1. The van der Waals surface area contributed by atoms with E-state index in [9.17, 15) is 4.79 Å². The van der Waals surface area contributed by atoms with E-state index < -0.39 is 0 Å². The molecule has 0 bridgehead atoms. The lowest BCUT2D eigenvalue weighted by molar-refractivity contribution is 0.248. The van der Waals surface area contributed by atoms with E-state index in [0.29, 0.717) is 12.0 Å². The van der Waals surface area contributed by atoms with Gasteiger partial charge in [0, 0.05) is 25.0 Å². The van der Waals surface area contributed by atoms with Gasteiger partial charge in [-0.3, -0.25) is 4.57 Å². The number of likely N-dealkylation sites (N-methyl/N-ethyl adjacent to an activating group) is 1. The maximum absolute atomic E-state index is 11.8. The first kappa shape index (κ1) is 14.3. The lowest BCUT2D eigenvalue weighted by atomic mass is 9.83. The lowest BCUT2D eigenvalue weighted by Crippen LogP contribution is -2.42. The highest BCUT2D eigenvalue weighted by atomic mass is 16.1. The number of hydrogen-bond donors (Lipinski definition) is 1. The van der Waals surface area contributed by atoms with Gasteiger partial charge in [-0.2, -0.15) is 0 Å². The van der Waals surface area contributed by atoms with Gasteiger partial charge < -0.3 is 5.32 Å². The maximum atomic E-state index is 11.8. The van der Waals surface area contributed by atoms with E-state index in [2.05, 4.69) is 17.2 Å². The van der Waals surface area contributed by atoms with Gasteiger partial charge in [0.2, 0.25) is 0 Å². The van der Waals surface area contributed by atoms with Crippen molar-refractivity contribution in [3.8, 4) is 0 Å². The predicted octanol–water partition coefficient (Wildman–Crippen LogP) is 2.11. The summed E-state index contributed by atoms with van der Waals surface area (Å²) in [7, 11) is 0. The highest BCUT2D eigenvalue weighted by Crippen LogP contribution is 2.27. The summed E-state index contributed by atoms with van der Waals surface area (Å²) in [5, 5.41) is 3.56. The molecule has 1 aromatic heterocycles. The van der Waals surface area contributed by atoms with Gasteiger partial charge in [-0.15, -0.1) is 0 Å². The van der Waals surface area contributed by atoms with Crippen molar-refractivity contribution in [2.45, 2.75) is 58.5 Å². The topological polar surface area (TPSA) is 46.9 Å². The molecule has 19 heavy (non-hydrogen) atoms. The summed E-state index contributed by atoms with van der Waals surface area (Å²) in [5.74, 6) is 0.695. The molecule has 1 aromatic rings. The Kier molecular flexibility index (Phi) is 5.14. The molecule has 0 saturated heterocycles. The van der Waals surface area contributed by atoms with E-state index in [4.69, 9.17) is 0 Å². The van der Waals surface area contributed by atoms with Crippen molar-refractivity contribution in [2.75, 3.05) is 6.54 Å². The van der Waals surface area contributed by atoms with Gasteiger partial charge in [0.1, 0.15) is 0 Å². The largest absolute Gasteiger partial charge is 0.347 e. The van der Waals surface area contributed by atoms with Crippen LogP contribution in [-0.2, 0) is 6.54 Å². The van der Waals surface area contributed by atoms with Gasteiger partial charge >= 0.3 is 5.69 Å². The van der Waals surface area contributed by atoms with Crippen LogP contribution in [0.2, 0.25) is 0 Å². The Balaban J connectivity index is 2.10. The fraction of sp³-hybridized carbons (Fsp3) is 0.733. The number of rotatable bonds is 5. The summed E-state index contributed by atoms with van der Waals surface area (Å²) < 4.78 is 1.76. The fourth-order valence-corrected chi connectivity index (χ4v) is 3.09. The van der Waals surface area contributed by atoms with Crippen LogP contribution >= 0.6 is 0 Å². The van der Waals surface area contributed by atoms with Crippen molar-refractivity contribution < 1.29 is 0 Å². The van der Waals surface area contributed by atoms with Crippen LogP contribution in [0.3, 0.4) is 0 Å². The number of aromatic nitrogens is 2. The fourth-order valence-electron chi connectivity index (χ4n) is 3.09. The minimum absolute atomic E-state index is 0.135. The van der Waals surface area contributed by atoms with Gasteiger partial charge in [-0.05, 0) is 37.8 Å². The number of nitrogens with zero attached hydrogens (tertiary/aromatic N) is 2. The molecule has 0 aliphatic heterocycles. The Hall–Kier alpha value is -1.16. The Morgan fingerprint density at radius 3 is 2.84 bits per heavy atom. The smallest absolute Gasteiger partial charge is 0.312 e. The van der Waals surface area contributed by atoms with Crippen molar-refractivity contribution in [3.63, 3.8) is 0 Å². The van der Waals surface area contributed by atoms with E-state index in [1.807, 2.05) is 13.1 Å². The minimum atomic E-state index is -0.135. The third-order valence-electron chi connectivity index (χ3n) is 4.06. The Bertz CT molecular complexity index is 449. The third-order valence-corrected chi connectivity index (χ3v) is 4.06. The van der Waals surface area contributed by atoms with E-state index >= 15 is 0 Å². The van der Waals surface area contributed by atoms with Crippen molar-refractivity contribution in [1.82, 2.24) is 14.9 Å². The van der Waals surface area contributed by atoms with Gasteiger partial charge in [0.25, 0.3) is 0 Å². The summed E-state index contributed by atoms with van der Waals surface area (Å²) in [6.45, 7) is 5.81. The van der Waals surface area contributed by atoms with Crippen LogP contribution in [0.1, 0.15) is 44.6 Å². The summed E-state index contributed by atoms with van der Waals surface area (Å²) in [5.41, 5.74) is 0.905. The van der Waals surface area contributed by atoms with Crippen LogP contribution in [0.25, 0.3) is 0 Å². The molecule has 0 spiro atoms. The van der Waals surface area contributed by atoms with E-state index in [1.54, 1.807) is 10.8 Å². The molecule has 1 aliphatic carbocycles. The lowest BCUT2D eigenvalue weighted by Gasteiger charge is -2.31. The molecule has 1 atom stereocenters. The molecule has 0 radical (unpaired) electrons. The van der Waals surface area contributed by atoms with Crippen molar-refractivity contribution in [1.29, 1.82) is 0 Å². The first-order valence-electron chi connectivity index (χ1n) is 7.47. The Morgan fingerprint density at radius 1 is 1.42 bits per heavy atom. The van der Waals surface area contributed by atoms with Gasteiger partial charge in [0.15, 0.2) is 0 Å². The van der Waals surface area contributed by atoms with Crippen LogP contribution in [0.4, 0.5) is 0 Å². The van der Waals surface area contributed by atoms with Crippen molar-refractivity contribution >= 4 is 0 Å². The molecule has 4 nitrogen and oxygen atoms in total. The number of hydrogen-bond acceptors (Lipinski definition) is 3. The number of aryl methyl sites for hydroxylation is 1. The predicted molar refractivity (Wildman–Crippen MR) is 77.3 cm³/mol. The average Bonchev–Trinajstić information content (AvgIpc) is 2.43. The Labute approximate surface area is 115 Å². The van der Waals surface area contributed by atoms with Crippen LogP contribution in [0.15, 0.2) is 17.2 Å². The molecule has 4 heteroatoms. The highest BCUT2D eigenvalue weighted by Gasteiger charge is 2.23. The van der Waals surface area contributed by atoms with E-state index in [1.165, 1.54) is 32.1 Å². The zero-order chi connectivity index (χ0) is 13.7. The molecule has 1 heterocycles. The van der Waals surface area contributed by atoms with Crippen LogP contribution in [-0.4, -0.2) is 22.1 Å². The zero-order valence-electron chi connectivity index (χ0n) is 12.1. The molecule has 1 unspecified atom stereocenters. The Morgan fingerprint density at radius 2 is 2.16 bits per heavy atom. The van der Waals surface area contributed by atoms with Crippen LogP contribution < -0.4 is 11.0 Å². The molecular weight excluding hydrogens is 238 g/mol. The molecule has 2 rings (SSSR count). The molecular formula is C15H25N3O. The second kappa shape index (κ2) is 6.85. The minimum Gasteiger partial charge on any atom is -0.312 e. The first-order valence-corrected chi connectivity index (χ1v) is 7.47. The second-order valence-corrected chi connectivity index (χ2v) is 5.63. The molecule has 1 fully saturated rings. The first-order chi connectivity index (χ1) is 9.20. The molecule has 1 saturated carbocycles. The molecule has 106 valence electrons. The summed E-state index contributed by atoms with van der Waals surface area (Å²) in [6.07, 6.45) is 10.1. The normalized spacial score (nSPS) is 18.4. The summed E-state index contributed by atoms with van der Waals surface area (Å²) >= 11 is 0. The molecule has 0 amide bonds. The van der Waals surface area contributed by atoms with Crippen molar-refractivity contribution in [2.24, 2.45) is 5.92 Å². The third kappa shape index (κ3) is 3.90. The van der Waals surface area contributed by atoms with Gasteiger partial charge in [-0.1, -0.05) is 26.2 Å². The van der Waals surface area contributed by atoms with E-state index in [0.717, 1.165) is 18.7 Å². The second-order valence-electron chi connectivity index (χ2n) is 5.63. The van der Waals surface area contributed by atoms with Crippen molar-refractivity contribution in [3.05, 3.63) is 28.4 Å². The van der Waals surface area contributed by atoms with Gasteiger partial charge in [-0.25, -0.2) is 9.78 Å². The standard InChI is InChI=1S/C15H25N3O/c1-3-16-14(13-7-5-4-6-8-13)11-18-10-12(2)9-17-15(18)19/h9-10,13-14,16H,3-8,11H2,1-2H3. The maximum Gasteiger partial charge on any atom is 0.347 e. The average molecular weight is 263 g/mol. The highest BCUT2D eigenvalue weighted by molar-refractivity contribution is 5.00. The zero-order valence-corrected chi connectivity index (χ0v) is 12.1. The quantitative estimate of drug-likeness (QED) is 0.885. The van der Waals surface area contributed by atoms with Crippen LogP contribution in [0, 0.1) is 12.8 Å². The molecule has 0 aromatic carbocycles.